The van der Waals surface area contributed by atoms with Gasteiger partial charge in [0.15, 0.2) is 5.96 Å². The molecule has 2 aromatic heterocycles. The molecule has 0 bridgehead atoms. The highest BCUT2D eigenvalue weighted by Gasteiger charge is 2.30. The molecule has 0 amide bonds. The van der Waals surface area contributed by atoms with Crippen LogP contribution < -0.4 is 5.32 Å². The lowest BCUT2D eigenvalue weighted by Crippen LogP contribution is -2.49. The molecule has 0 aliphatic carbocycles. The summed E-state index contributed by atoms with van der Waals surface area (Å²) >= 11 is 0. The molecule has 7 heteroatoms. The third-order valence-corrected chi connectivity index (χ3v) is 5.05. The fourth-order valence-electron chi connectivity index (χ4n) is 3.41. The average Bonchev–Trinajstić information content (AvgIpc) is 3.32. The summed E-state index contributed by atoms with van der Waals surface area (Å²) in [5.74, 6) is 1.94. The maximum Gasteiger partial charge on any atom is 0.194 e. The summed E-state index contributed by atoms with van der Waals surface area (Å²) in [5, 5.41) is 14.0. The summed E-state index contributed by atoms with van der Waals surface area (Å²) in [6.45, 7) is 8.90. The molecule has 0 aromatic carbocycles. The van der Waals surface area contributed by atoms with Crippen LogP contribution in [0, 0.1) is 5.92 Å². The summed E-state index contributed by atoms with van der Waals surface area (Å²) in [6, 6.07) is 3.92. The van der Waals surface area contributed by atoms with Crippen LogP contribution in [0.25, 0.3) is 0 Å². The lowest BCUT2D eigenvalue weighted by atomic mass is 9.93. The topological polar surface area (TPSA) is 78.8 Å². The Morgan fingerprint density at radius 2 is 2.38 bits per heavy atom. The Labute approximate surface area is 154 Å². The number of aliphatic hydroxyl groups is 1. The van der Waals surface area contributed by atoms with Gasteiger partial charge in [0.2, 0.25) is 0 Å². The normalized spacial score (nSPS) is 23.7. The molecule has 1 aliphatic rings. The van der Waals surface area contributed by atoms with E-state index in [-0.39, 0.29) is 6.54 Å². The van der Waals surface area contributed by atoms with E-state index in [1.807, 2.05) is 18.7 Å². The van der Waals surface area contributed by atoms with Gasteiger partial charge in [-0.15, -0.1) is 0 Å². The van der Waals surface area contributed by atoms with Crippen LogP contribution in [0.4, 0.5) is 0 Å². The van der Waals surface area contributed by atoms with Crippen LogP contribution in [0.1, 0.15) is 39.0 Å². The Kier molecular flexibility index (Phi) is 5.66. The van der Waals surface area contributed by atoms with Crippen LogP contribution in [0.3, 0.4) is 0 Å². The summed E-state index contributed by atoms with van der Waals surface area (Å²) < 4.78 is 7.53. The summed E-state index contributed by atoms with van der Waals surface area (Å²) in [6.07, 6.45) is 8.39. The van der Waals surface area contributed by atoms with Crippen LogP contribution >= 0.6 is 0 Å². The lowest BCUT2D eigenvalue weighted by molar-refractivity contribution is 0.0433. The molecule has 1 saturated heterocycles. The molecular formula is C19H29N5O2. The van der Waals surface area contributed by atoms with Crippen LogP contribution in [0.15, 0.2) is 46.5 Å². The van der Waals surface area contributed by atoms with E-state index in [4.69, 9.17) is 9.41 Å². The summed E-state index contributed by atoms with van der Waals surface area (Å²) in [5.41, 5.74) is -1.13. The van der Waals surface area contributed by atoms with Crippen molar-refractivity contribution in [1.29, 1.82) is 0 Å². The lowest BCUT2D eigenvalue weighted by Gasteiger charge is -2.39. The highest BCUT2D eigenvalue weighted by Crippen LogP contribution is 2.28. The molecule has 142 valence electrons. The largest absolute Gasteiger partial charge is 0.466 e. The van der Waals surface area contributed by atoms with E-state index in [0.29, 0.717) is 17.7 Å². The van der Waals surface area contributed by atoms with Crippen molar-refractivity contribution < 1.29 is 9.52 Å². The highest BCUT2D eigenvalue weighted by atomic mass is 16.4. The van der Waals surface area contributed by atoms with Gasteiger partial charge in [0.1, 0.15) is 11.4 Å². The Hall–Kier alpha value is -2.28. The van der Waals surface area contributed by atoms with Gasteiger partial charge in [-0.2, -0.15) is 0 Å². The van der Waals surface area contributed by atoms with Gasteiger partial charge in [0, 0.05) is 32.0 Å². The minimum Gasteiger partial charge on any atom is -0.466 e. The van der Waals surface area contributed by atoms with Gasteiger partial charge in [-0.3, -0.25) is 0 Å². The second-order valence-electron chi connectivity index (χ2n) is 7.21. The van der Waals surface area contributed by atoms with E-state index >= 15 is 0 Å². The quantitative estimate of drug-likeness (QED) is 0.632. The zero-order valence-electron chi connectivity index (χ0n) is 15.8. The molecule has 0 radical (unpaired) electrons. The number of piperidine rings is 1. The van der Waals surface area contributed by atoms with Gasteiger partial charge < -0.3 is 24.3 Å². The first-order valence-electron chi connectivity index (χ1n) is 9.28. The van der Waals surface area contributed by atoms with Gasteiger partial charge >= 0.3 is 0 Å². The Morgan fingerprint density at radius 3 is 3.04 bits per heavy atom. The molecule has 26 heavy (non-hydrogen) atoms. The third-order valence-electron chi connectivity index (χ3n) is 5.05. The predicted molar refractivity (Wildman–Crippen MR) is 101 cm³/mol. The summed E-state index contributed by atoms with van der Waals surface area (Å²) in [7, 11) is 0. The molecule has 3 heterocycles. The maximum absolute atomic E-state index is 10.7. The fourth-order valence-corrected chi connectivity index (χ4v) is 3.41. The molecule has 3 rings (SSSR count). The Morgan fingerprint density at radius 1 is 1.54 bits per heavy atom. The van der Waals surface area contributed by atoms with Crippen molar-refractivity contribution in [2.75, 3.05) is 26.2 Å². The molecule has 1 fully saturated rings. The first-order valence-corrected chi connectivity index (χ1v) is 9.28. The molecule has 3 atom stereocenters. The van der Waals surface area contributed by atoms with Crippen molar-refractivity contribution in [3.63, 3.8) is 0 Å². The van der Waals surface area contributed by atoms with Crippen molar-refractivity contribution in [2.45, 2.75) is 38.8 Å². The van der Waals surface area contributed by atoms with Crippen LogP contribution in [0.2, 0.25) is 0 Å². The number of rotatable bonds is 5. The number of nitrogens with one attached hydrogen (secondary N) is 1. The molecule has 7 nitrogen and oxygen atoms in total. The van der Waals surface area contributed by atoms with Crippen LogP contribution in [-0.2, 0) is 5.60 Å². The zero-order valence-corrected chi connectivity index (χ0v) is 15.8. The average molecular weight is 359 g/mol. The molecule has 1 aliphatic heterocycles. The van der Waals surface area contributed by atoms with Gasteiger partial charge in [-0.25, -0.2) is 9.98 Å². The third kappa shape index (κ3) is 4.09. The van der Waals surface area contributed by atoms with E-state index in [1.54, 1.807) is 25.3 Å². The van der Waals surface area contributed by atoms with E-state index in [2.05, 4.69) is 33.6 Å². The second-order valence-corrected chi connectivity index (χ2v) is 7.21. The van der Waals surface area contributed by atoms with E-state index in [0.717, 1.165) is 32.0 Å². The number of hydrogen-bond donors (Lipinski definition) is 2. The minimum atomic E-state index is -1.13. The molecule has 2 N–H and O–H groups in total. The Bertz CT molecular complexity index is 694. The van der Waals surface area contributed by atoms with Gasteiger partial charge in [-0.05, 0) is 38.3 Å². The van der Waals surface area contributed by atoms with Crippen molar-refractivity contribution in [3.05, 3.63) is 42.9 Å². The number of aromatic nitrogens is 2. The van der Waals surface area contributed by atoms with Crippen molar-refractivity contribution >= 4 is 5.96 Å². The number of guanidine groups is 1. The number of nitrogens with zero attached hydrogens (tertiary/aromatic N) is 4. The number of likely N-dealkylation sites (tertiary alicyclic amines) is 1. The SMILES string of the molecule is CCNC(=NCC(C)(O)c1ccco1)N1CCC(C)C(n2ccnc2)C1. The van der Waals surface area contributed by atoms with E-state index in [9.17, 15) is 5.11 Å². The number of hydrogen-bond acceptors (Lipinski definition) is 4. The number of imidazole rings is 1. The van der Waals surface area contributed by atoms with Gasteiger partial charge in [0.05, 0.1) is 25.2 Å². The molecule has 0 saturated carbocycles. The summed E-state index contributed by atoms with van der Waals surface area (Å²) in [4.78, 5) is 11.2. The molecule has 3 unspecified atom stereocenters. The zero-order chi connectivity index (χ0) is 18.6. The van der Waals surface area contributed by atoms with Crippen molar-refractivity contribution in [3.8, 4) is 0 Å². The predicted octanol–water partition coefficient (Wildman–Crippen LogP) is 2.23. The van der Waals surface area contributed by atoms with Crippen LogP contribution in [0.5, 0.6) is 0 Å². The van der Waals surface area contributed by atoms with E-state index in [1.165, 1.54) is 0 Å². The van der Waals surface area contributed by atoms with Gasteiger partial charge in [0.25, 0.3) is 0 Å². The number of aliphatic imine (C=N–C) groups is 1. The molecule has 0 spiro atoms. The van der Waals surface area contributed by atoms with Crippen LogP contribution in [-0.4, -0.2) is 51.7 Å². The molecule has 2 aromatic rings. The minimum absolute atomic E-state index is 0.241. The highest BCUT2D eigenvalue weighted by molar-refractivity contribution is 5.80. The van der Waals surface area contributed by atoms with Gasteiger partial charge in [-0.1, -0.05) is 6.92 Å². The second kappa shape index (κ2) is 7.95. The first kappa shape index (κ1) is 18.5. The monoisotopic (exact) mass is 359 g/mol. The van der Waals surface area contributed by atoms with Crippen molar-refractivity contribution in [1.82, 2.24) is 19.8 Å². The van der Waals surface area contributed by atoms with E-state index < -0.39 is 5.60 Å². The fraction of sp³-hybridized carbons (Fsp3) is 0.579. The first-order chi connectivity index (χ1) is 12.5. The number of furan rings is 1. The maximum atomic E-state index is 10.7. The smallest absolute Gasteiger partial charge is 0.194 e. The Balaban J connectivity index is 1.74. The molecular weight excluding hydrogens is 330 g/mol. The van der Waals surface area contributed by atoms with Crippen molar-refractivity contribution in [2.24, 2.45) is 10.9 Å². The standard InChI is InChI=1S/C19H29N5O2/c1-4-21-18(22-13-19(3,25)17-6-5-11-26-17)23-9-7-15(2)16(12-23)24-10-8-20-14-24/h5-6,8,10-11,14-16,25H,4,7,9,12-13H2,1-3H3,(H,21,22).